The summed E-state index contributed by atoms with van der Waals surface area (Å²) in [5, 5.41) is 0. The van der Waals surface area contributed by atoms with Gasteiger partial charge in [-0.1, -0.05) is 20.3 Å². The second-order valence-electron chi connectivity index (χ2n) is 4.12. The van der Waals surface area contributed by atoms with Crippen LogP contribution in [0.25, 0.3) is 0 Å². The van der Waals surface area contributed by atoms with Crippen LogP contribution in [0.1, 0.15) is 46.0 Å². The molecule has 1 heterocycles. The number of primary amides is 1. The average Bonchev–Trinajstić information content (AvgIpc) is 2.20. The van der Waals surface area contributed by atoms with Crippen molar-refractivity contribution in [1.29, 1.82) is 0 Å². The molecular weight excluding hydrogens is 176 g/mol. The van der Waals surface area contributed by atoms with E-state index in [1.165, 1.54) is 6.42 Å². The third kappa shape index (κ3) is 2.47. The van der Waals surface area contributed by atoms with Crippen molar-refractivity contribution in [2.75, 3.05) is 6.54 Å². The predicted molar refractivity (Wildman–Crippen MR) is 57.9 cm³/mol. The van der Waals surface area contributed by atoms with Gasteiger partial charge in [0.1, 0.15) is 0 Å². The maximum absolute atomic E-state index is 11.3. The van der Waals surface area contributed by atoms with Crippen molar-refractivity contribution in [3.05, 3.63) is 0 Å². The summed E-state index contributed by atoms with van der Waals surface area (Å²) < 4.78 is 0. The van der Waals surface area contributed by atoms with Gasteiger partial charge >= 0.3 is 0 Å². The maximum Gasteiger partial charge on any atom is 0.234 e. The van der Waals surface area contributed by atoms with Gasteiger partial charge in [0.05, 0.1) is 6.04 Å². The topological polar surface area (TPSA) is 46.3 Å². The summed E-state index contributed by atoms with van der Waals surface area (Å²) in [5.74, 6) is -0.142. The lowest BCUT2D eigenvalue weighted by atomic mass is 9.97. The number of hydrogen-bond donors (Lipinski definition) is 1. The highest BCUT2D eigenvalue weighted by Gasteiger charge is 2.30. The summed E-state index contributed by atoms with van der Waals surface area (Å²) >= 11 is 0. The van der Waals surface area contributed by atoms with Gasteiger partial charge in [-0.25, -0.2) is 0 Å². The number of likely N-dealkylation sites (tertiary alicyclic amines) is 1. The van der Waals surface area contributed by atoms with Gasteiger partial charge in [0.2, 0.25) is 5.91 Å². The molecule has 3 heteroatoms. The predicted octanol–water partition coefficient (Wildman–Crippen LogP) is 1.51. The lowest BCUT2D eigenvalue weighted by Gasteiger charge is -2.39. The Kier molecular flexibility index (Phi) is 4.39. The number of carbonyl (C=O) groups excluding carboxylic acids is 1. The Morgan fingerprint density at radius 3 is 2.57 bits per heavy atom. The molecule has 0 saturated carbocycles. The second kappa shape index (κ2) is 5.35. The fourth-order valence-electron chi connectivity index (χ4n) is 2.45. The zero-order valence-electron chi connectivity index (χ0n) is 9.33. The van der Waals surface area contributed by atoms with Crippen LogP contribution in [0.5, 0.6) is 0 Å². The number of amides is 1. The van der Waals surface area contributed by atoms with Gasteiger partial charge in [0.25, 0.3) is 0 Å². The van der Waals surface area contributed by atoms with E-state index in [2.05, 4.69) is 18.7 Å². The number of nitrogens with two attached hydrogens (primary N) is 1. The van der Waals surface area contributed by atoms with Crippen LogP contribution in [0.2, 0.25) is 0 Å². The van der Waals surface area contributed by atoms with Crippen LogP contribution in [-0.4, -0.2) is 29.4 Å². The summed E-state index contributed by atoms with van der Waals surface area (Å²) in [6.07, 6.45) is 5.52. The molecule has 14 heavy (non-hydrogen) atoms. The van der Waals surface area contributed by atoms with Crippen LogP contribution in [0, 0.1) is 0 Å². The molecule has 1 unspecified atom stereocenters. The SMILES string of the molecule is CCC(CC)N1CCCCC1C(N)=O. The fourth-order valence-corrected chi connectivity index (χ4v) is 2.45. The standard InChI is InChI=1S/C11H22N2O/c1-3-9(4-2)13-8-6-5-7-10(13)11(12)14/h9-10H,3-8H2,1-2H3,(H2,12,14). The van der Waals surface area contributed by atoms with Crippen molar-refractivity contribution in [3.8, 4) is 0 Å². The summed E-state index contributed by atoms with van der Waals surface area (Å²) in [5.41, 5.74) is 5.42. The highest BCUT2D eigenvalue weighted by Crippen LogP contribution is 2.22. The molecule has 1 rings (SSSR count). The quantitative estimate of drug-likeness (QED) is 0.744. The molecule has 82 valence electrons. The van der Waals surface area contributed by atoms with Gasteiger partial charge < -0.3 is 5.73 Å². The van der Waals surface area contributed by atoms with Crippen LogP contribution in [0.15, 0.2) is 0 Å². The average molecular weight is 198 g/mol. The first kappa shape index (κ1) is 11.5. The van der Waals surface area contributed by atoms with E-state index < -0.39 is 0 Å². The largest absolute Gasteiger partial charge is 0.368 e. The Bertz CT molecular complexity index is 190. The minimum Gasteiger partial charge on any atom is -0.368 e. The van der Waals surface area contributed by atoms with Crippen molar-refractivity contribution in [2.45, 2.75) is 58.0 Å². The highest BCUT2D eigenvalue weighted by molar-refractivity contribution is 5.79. The molecule has 0 bridgehead atoms. The van der Waals surface area contributed by atoms with E-state index in [0.717, 1.165) is 32.2 Å². The van der Waals surface area contributed by atoms with Crippen molar-refractivity contribution in [3.63, 3.8) is 0 Å². The molecule has 0 radical (unpaired) electrons. The van der Waals surface area contributed by atoms with Gasteiger partial charge in [-0.2, -0.15) is 0 Å². The Morgan fingerprint density at radius 1 is 1.43 bits per heavy atom. The highest BCUT2D eigenvalue weighted by atomic mass is 16.1. The summed E-state index contributed by atoms with van der Waals surface area (Å²) in [4.78, 5) is 13.6. The third-order valence-electron chi connectivity index (χ3n) is 3.28. The summed E-state index contributed by atoms with van der Waals surface area (Å²) in [6, 6.07) is 0.529. The molecule has 0 spiro atoms. The lowest BCUT2D eigenvalue weighted by Crippen LogP contribution is -2.51. The van der Waals surface area contributed by atoms with E-state index in [0.29, 0.717) is 6.04 Å². The molecule has 1 amide bonds. The Hall–Kier alpha value is -0.570. The summed E-state index contributed by atoms with van der Waals surface area (Å²) in [6.45, 7) is 5.40. The molecule has 1 aliphatic heterocycles. The van der Waals surface area contributed by atoms with E-state index in [4.69, 9.17) is 5.73 Å². The summed E-state index contributed by atoms with van der Waals surface area (Å²) in [7, 11) is 0. The number of piperidine rings is 1. The molecule has 0 aromatic heterocycles. The van der Waals surface area contributed by atoms with Gasteiger partial charge in [-0.3, -0.25) is 9.69 Å². The van der Waals surface area contributed by atoms with Crippen LogP contribution in [0.3, 0.4) is 0 Å². The number of rotatable bonds is 4. The minimum atomic E-state index is -0.142. The molecular formula is C11H22N2O. The van der Waals surface area contributed by atoms with Crippen molar-refractivity contribution in [1.82, 2.24) is 4.90 Å². The van der Waals surface area contributed by atoms with Crippen LogP contribution in [-0.2, 0) is 4.79 Å². The number of carbonyl (C=O) groups is 1. The van der Waals surface area contributed by atoms with Crippen LogP contribution in [0.4, 0.5) is 0 Å². The Morgan fingerprint density at radius 2 is 2.07 bits per heavy atom. The van der Waals surface area contributed by atoms with Gasteiger partial charge in [-0.15, -0.1) is 0 Å². The Balaban J connectivity index is 2.65. The molecule has 0 aromatic carbocycles. The molecule has 3 nitrogen and oxygen atoms in total. The van der Waals surface area contributed by atoms with Crippen LogP contribution < -0.4 is 5.73 Å². The van der Waals surface area contributed by atoms with Crippen LogP contribution >= 0.6 is 0 Å². The molecule has 0 aliphatic carbocycles. The monoisotopic (exact) mass is 198 g/mol. The van der Waals surface area contributed by atoms with Gasteiger partial charge in [0, 0.05) is 6.04 Å². The first-order valence-corrected chi connectivity index (χ1v) is 5.75. The van der Waals surface area contributed by atoms with Crippen molar-refractivity contribution in [2.24, 2.45) is 5.73 Å². The second-order valence-corrected chi connectivity index (χ2v) is 4.12. The number of nitrogens with zero attached hydrogens (tertiary/aromatic N) is 1. The lowest BCUT2D eigenvalue weighted by molar-refractivity contribution is -0.125. The number of hydrogen-bond acceptors (Lipinski definition) is 2. The molecule has 1 atom stereocenters. The zero-order valence-corrected chi connectivity index (χ0v) is 9.33. The molecule has 1 saturated heterocycles. The Labute approximate surface area is 86.6 Å². The third-order valence-corrected chi connectivity index (χ3v) is 3.28. The van der Waals surface area contributed by atoms with E-state index in [-0.39, 0.29) is 11.9 Å². The van der Waals surface area contributed by atoms with Crippen molar-refractivity contribution < 1.29 is 4.79 Å². The molecule has 2 N–H and O–H groups in total. The first-order chi connectivity index (χ1) is 6.70. The van der Waals surface area contributed by atoms with Crippen molar-refractivity contribution >= 4 is 5.91 Å². The maximum atomic E-state index is 11.3. The molecule has 1 fully saturated rings. The zero-order chi connectivity index (χ0) is 10.6. The first-order valence-electron chi connectivity index (χ1n) is 5.75. The van der Waals surface area contributed by atoms with E-state index in [1.54, 1.807) is 0 Å². The van der Waals surface area contributed by atoms with Gasteiger partial charge in [-0.05, 0) is 32.2 Å². The van der Waals surface area contributed by atoms with Gasteiger partial charge in [0.15, 0.2) is 0 Å². The van der Waals surface area contributed by atoms with E-state index in [9.17, 15) is 4.79 Å². The normalized spacial score (nSPS) is 24.1. The minimum absolute atomic E-state index is 0.00588. The smallest absolute Gasteiger partial charge is 0.234 e. The molecule has 1 aliphatic rings. The van der Waals surface area contributed by atoms with E-state index in [1.807, 2.05) is 0 Å². The fraction of sp³-hybridized carbons (Fsp3) is 0.909. The molecule has 0 aromatic rings. The van der Waals surface area contributed by atoms with E-state index >= 15 is 0 Å².